The van der Waals surface area contributed by atoms with Crippen LogP contribution in [0.4, 0.5) is 0 Å². The zero-order valence-electron chi connectivity index (χ0n) is 10.4. The monoisotopic (exact) mass is 270 g/mol. The van der Waals surface area contributed by atoms with Gasteiger partial charge in [-0.1, -0.05) is 29.8 Å². The molecule has 1 N–H and O–H groups in total. The lowest BCUT2D eigenvalue weighted by Crippen LogP contribution is -2.46. The van der Waals surface area contributed by atoms with Crippen LogP contribution in [0.1, 0.15) is 11.1 Å². The van der Waals surface area contributed by atoms with Crippen molar-refractivity contribution in [2.75, 3.05) is 26.3 Å². The van der Waals surface area contributed by atoms with Crippen molar-refractivity contribution in [2.24, 2.45) is 0 Å². The van der Waals surface area contributed by atoms with Crippen molar-refractivity contribution >= 4 is 10.2 Å². The molecule has 0 saturated carbocycles. The largest absolute Gasteiger partial charge is 0.379 e. The molecule has 18 heavy (non-hydrogen) atoms. The van der Waals surface area contributed by atoms with Crippen LogP contribution >= 0.6 is 0 Å². The number of nitrogens with one attached hydrogen (secondary N) is 1. The minimum absolute atomic E-state index is 0.321. The molecule has 100 valence electrons. The molecule has 0 unspecified atom stereocenters. The van der Waals surface area contributed by atoms with Gasteiger partial charge in [0.1, 0.15) is 0 Å². The van der Waals surface area contributed by atoms with Gasteiger partial charge in [0.05, 0.1) is 13.2 Å². The summed E-state index contributed by atoms with van der Waals surface area (Å²) in [6.45, 7) is 4.07. The van der Waals surface area contributed by atoms with Crippen molar-refractivity contribution < 1.29 is 13.2 Å². The van der Waals surface area contributed by atoms with E-state index >= 15 is 0 Å². The molecule has 6 heteroatoms. The van der Waals surface area contributed by atoms with E-state index in [9.17, 15) is 8.42 Å². The van der Waals surface area contributed by atoms with E-state index in [4.69, 9.17) is 4.74 Å². The predicted molar refractivity (Wildman–Crippen MR) is 69.3 cm³/mol. The number of aryl methyl sites for hydroxylation is 1. The Morgan fingerprint density at radius 2 is 2.06 bits per heavy atom. The fourth-order valence-corrected chi connectivity index (χ4v) is 3.04. The minimum Gasteiger partial charge on any atom is -0.379 e. The summed E-state index contributed by atoms with van der Waals surface area (Å²) < 4.78 is 33.2. The molecule has 1 aliphatic rings. The first kappa shape index (κ1) is 13.5. The molecular formula is C12H18N2O3S. The van der Waals surface area contributed by atoms with Crippen molar-refractivity contribution in [3.63, 3.8) is 0 Å². The van der Waals surface area contributed by atoms with Gasteiger partial charge in [0.15, 0.2) is 0 Å². The Morgan fingerprint density at radius 3 is 2.72 bits per heavy atom. The first-order valence-electron chi connectivity index (χ1n) is 5.96. The van der Waals surface area contributed by atoms with E-state index < -0.39 is 10.2 Å². The molecule has 0 bridgehead atoms. The number of ether oxygens (including phenoxy) is 1. The van der Waals surface area contributed by atoms with Gasteiger partial charge in [-0.3, -0.25) is 0 Å². The molecule has 1 aromatic carbocycles. The summed E-state index contributed by atoms with van der Waals surface area (Å²) in [6, 6.07) is 7.80. The second-order valence-electron chi connectivity index (χ2n) is 4.33. The van der Waals surface area contributed by atoms with Gasteiger partial charge in [-0.25, -0.2) is 0 Å². The summed E-state index contributed by atoms with van der Waals surface area (Å²) in [5, 5.41) is 0. The average Bonchev–Trinajstić information content (AvgIpc) is 2.38. The number of hydrogen-bond acceptors (Lipinski definition) is 3. The molecule has 0 aliphatic carbocycles. The first-order valence-corrected chi connectivity index (χ1v) is 7.40. The van der Waals surface area contributed by atoms with Gasteiger partial charge in [0.25, 0.3) is 10.2 Å². The summed E-state index contributed by atoms with van der Waals surface area (Å²) >= 11 is 0. The summed E-state index contributed by atoms with van der Waals surface area (Å²) in [5.41, 5.74) is 2.09. The summed E-state index contributed by atoms with van der Waals surface area (Å²) in [6.07, 6.45) is 0. The van der Waals surface area contributed by atoms with Gasteiger partial charge < -0.3 is 4.74 Å². The van der Waals surface area contributed by atoms with Crippen LogP contribution in [0.3, 0.4) is 0 Å². The second-order valence-corrected chi connectivity index (χ2v) is 6.08. The van der Waals surface area contributed by atoms with E-state index in [1.807, 2.05) is 31.2 Å². The van der Waals surface area contributed by atoms with E-state index in [0.29, 0.717) is 32.8 Å². The Labute approximate surface area is 108 Å². The highest BCUT2D eigenvalue weighted by molar-refractivity contribution is 7.87. The lowest BCUT2D eigenvalue weighted by Gasteiger charge is -2.26. The average molecular weight is 270 g/mol. The Kier molecular flexibility index (Phi) is 4.34. The number of nitrogens with zero attached hydrogens (tertiary/aromatic N) is 1. The van der Waals surface area contributed by atoms with E-state index in [1.165, 1.54) is 4.31 Å². The molecule has 0 aromatic heterocycles. The molecule has 1 fully saturated rings. The number of morpholine rings is 1. The van der Waals surface area contributed by atoms with Crippen LogP contribution in [0.5, 0.6) is 0 Å². The highest BCUT2D eigenvalue weighted by Crippen LogP contribution is 2.07. The third-order valence-corrected chi connectivity index (χ3v) is 4.41. The minimum atomic E-state index is -3.39. The van der Waals surface area contributed by atoms with E-state index in [2.05, 4.69) is 4.72 Å². The van der Waals surface area contributed by atoms with Gasteiger partial charge in [0.2, 0.25) is 0 Å². The molecule has 1 saturated heterocycles. The van der Waals surface area contributed by atoms with E-state index in [1.54, 1.807) is 0 Å². The third kappa shape index (κ3) is 3.52. The van der Waals surface area contributed by atoms with Gasteiger partial charge in [-0.05, 0) is 12.5 Å². The predicted octanol–water partition coefficient (Wildman–Crippen LogP) is 0.662. The number of hydrogen-bond donors (Lipinski definition) is 1. The van der Waals surface area contributed by atoms with Gasteiger partial charge >= 0.3 is 0 Å². The number of rotatable bonds is 4. The SMILES string of the molecule is Cc1cccc(CNS(=O)(=O)N2CCOCC2)c1. The Bertz CT molecular complexity index is 496. The molecule has 0 spiro atoms. The molecule has 1 aromatic rings. The van der Waals surface area contributed by atoms with Gasteiger partial charge in [-0.2, -0.15) is 17.4 Å². The Hall–Kier alpha value is -0.950. The maximum absolute atomic E-state index is 12.0. The third-order valence-electron chi connectivity index (χ3n) is 2.85. The van der Waals surface area contributed by atoms with Crippen molar-refractivity contribution in [1.29, 1.82) is 0 Å². The van der Waals surface area contributed by atoms with Gasteiger partial charge in [0, 0.05) is 19.6 Å². The molecule has 5 nitrogen and oxygen atoms in total. The second kappa shape index (κ2) is 5.79. The fourth-order valence-electron chi connectivity index (χ4n) is 1.87. The maximum Gasteiger partial charge on any atom is 0.279 e. The van der Waals surface area contributed by atoms with Crippen LogP contribution in [0, 0.1) is 6.92 Å². The topological polar surface area (TPSA) is 58.6 Å². The Balaban J connectivity index is 1.96. The maximum atomic E-state index is 12.0. The zero-order valence-corrected chi connectivity index (χ0v) is 11.2. The van der Waals surface area contributed by atoms with Crippen molar-refractivity contribution in [2.45, 2.75) is 13.5 Å². The molecule has 2 rings (SSSR count). The zero-order chi connectivity index (χ0) is 13.0. The summed E-state index contributed by atoms with van der Waals surface area (Å²) in [5.74, 6) is 0. The lowest BCUT2D eigenvalue weighted by molar-refractivity contribution is 0.0725. The van der Waals surface area contributed by atoms with E-state index in [0.717, 1.165) is 11.1 Å². The van der Waals surface area contributed by atoms with Crippen molar-refractivity contribution in [1.82, 2.24) is 9.03 Å². The quantitative estimate of drug-likeness (QED) is 0.874. The Morgan fingerprint density at radius 1 is 1.33 bits per heavy atom. The fraction of sp³-hybridized carbons (Fsp3) is 0.500. The summed E-state index contributed by atoms with van der Waals surface area (Å²) in [4.78, 5) is 0. The van der Waals surface area contributed by atoms with Crippen LogP contribution < -0.4 is 4.72 Å². The van der Waals surface area contributed by atoms with Gasteiger partial charge in [-0.15, -0.1) is 0 Å². The normalized spacial score (nSPS) is 17.8. The lowest BCUT2D eigenvalue weighted by atomic mass is 10.1. The molecule has 0 atom stereocenters. The standard InChI is InChI=1S/C12H18N2O3S/c1-11-3-2-4-12(9-11)10-13-18(15,16)14-5-7-17-8-6-14/h2-4,9,13H,5-8,10H2,1H3. The molecule has 0 amide bonds. The number of benzene rings is 1. The van der Waals surface area contributed by atoms with Crippen LogP contribution in [0.15, 0.2) is 24.3 Å². The van der Waals surface area contributed by atoms with Crippen molar-refractivity contribution in [3.05, 3.63) is 35.4 Å². The van der Waals surface area contributed by atoms with Crippen LogP contribution in [-0.2, 0) is 21.5 Å². The highest BCUT2D eigenvalue weighted by Gasteiger charge is 2.23. The molecular weight excluding hydrogens is 252 g/mol. The van der Waals surface area contributed by atoms with Crippen LogP contribution in [0.2, 0.25) is 0 Å². The molecule has 1 heterocycles. The van der Waals surface area contributed by atoms with Crippen LogP contribution in [0.25, 0.3) is 0 Å². The van der Waals surface area contributed by atoms with Crippen molar-refractivity contribution in [3.8, 4) is 0 Å². The van der Waals surface area contributed by atoms with Crippen LogP contribution in [-0.4, -0.2) is 39.0 Å². The summed E-state index contributed by atoms with van der Waals surface area (Å²) in [7, 11) is -3.39. The van der Waals surface area contributed by atoms with E-state index in [-0.39, 0.29) is 0 Å². The highest BCUT2D eigenvalue weighted by atomic mass is 32.2. The smallest absolute Gasteiger partial charge is 0.279 e. The molecule has 0 radical (unpaired) electrons. The molecule has 1 aliphatic heterocycles. The first-order chi connectivity index (χ1) is 8.58.